The molecule has 10 heteroatoms. The molecule has 0 bridgehead atoms. The minimum atomic E-state index is -0.737. The van der Waals surface area contributed by atoms with E-state index in [1.54, 1.807) is 13.8 Å². The van der Waals surface area contributed by atoms with Crippen LogP contribution in [0.5, 0.6) is 0 Å². The highest BCUT2D eigenvalue weighted by Crippen LogP contribution is 2.10. The molecular formula is C34H50N4O6. The van der Waals surface area contributed by atoms with Gasteiger partial charge in [-0.05, 0) is 50.9 Å². The molecule has 2 aromatic carbocycles. The Labute approximate surface area is 262 Å². The lowest BCUT2D eigenvalue weighted by atomic mass is 10.1. The summed E-state index contributed by atoms with van der Waals surface area (Å²) in [5.74, 6) is -0.786. The molecular weight excluding hydrogens is 560 g/mol. The van der Waals surface area contributed by atoms with Gasteiger partial charge in [0.15, 0.2) is 0 Å². The maximum absolute atomic E-state index is 12.2. The number of benzene rings is 2. The number of amides is 4. The number of alkyl carbamates (subject to hydrolysis) is 2. The molecule has 2 aromatic rings. The Bertz CT molecular complexity index is 1010. The predicted molar refractivity (Wildman–Crippen MR) is 171 cm³/mol. The second-order valence-electron chi connectivity index (χ2n) is 11.0. The fourth-order valence-electron chi connectivity index (χ4n) is 4.42. The van der Waals surface area contributed by atoms with E-state index in [9.17, 15) is 19.2 Å². The van der Waals surface area contributed by atoms with Crippen LogP contribution in [-0.4, -0.2) is 49.2 Å². The standard InChI is InChI=1S/C34H50N4O6/c1-27(31(39)37-33(41)43-25-29-19-13-11-14-20-29)35-23-17-9-7-5-3-4-6-8-10-18-24-36-28(2)32(40)38-34(42)44-26-30-21-15-12-16-22-30/h11-16,19-22,27-28,35-36H,3-10,17-18,23-26H2,1-2H3,(H,37,39,41)(H,38,40,42)/t27-,28-/m0/s1. The normalized spacial score (nSPS) is 12.1. The highest BCUT2D eigenvalue weighted by Gasteiger charge is 2.17. The van der Waals surface area contributed by atoms with Crippen LogP contribution in [-0.2, 0) is 32.3 Å². The maximum atomic E-state index is 12.2. The Morgan fingerprint density at radius 1 is 0.523 bits per heavy atom. The zero-order valence-electron chi connectivity index (χ0n) is 26.3. The van der Waals surface area contributed by atoms with E-state index in [2.05, 4.69) is 21.3 Å². The third kappa shape index (κ3) is 17.4. The third-order valence-electron chi connectivity index (χ3n) is 7.17. The molecule has 44 heavy (non-hydrogen) atoms. The van der Waals surface area contributed by atoms with E-state index in [0.717, 1.165) is 62.7 Å². The van der Waals surface area contributed by atoms with Crippen LogP contribution < -0.4 is 21.3 Å². The summed E-state index contributed by atoms with van der Waals surface area (Å²) in [6.07, 6.45) is 9.85. The minimum absolute atomic E-state index is 0.123. The van der Waals surface area contributed by atoms with Crippen molar-refractivity contribution in [3.05, 3.63) is 71.8 Å². The molecule has 0 radical (unpaired) electrons. The van der Waals surface area contributed by atoms with E-state index in [-0.39, 0.29) is 13.2 Å². The molecule has 0 heterocycles. The van der Waals surface area contributed by atoms with Gasteiger partial charge in [-0.15, -0.1) is 0 Å². The van der Waals surface area contributed by atoms with E-state index in [4.69, 9.17) is 9.47 Å². The monoisotopic (exact) mass is 610 g/mol. The number of carbonyl (C=O) groups is 4. The molecule has 0 aliphatic heterocycles. The molecule has 2 rings (SSSR count). The molecule has 0 spiro atoms. The zero-order valence-corrected chi connectivity index (χ0v) is 26.3. The van der Waals surface area contributed by atoms with Gasteiger partial charge >= 0.3 is 12.2 Å². The van der Waals surface area contributed by atoms with Crippen molar-refractivity contribution >= 4 is 24.0 Å². The summed E-state index contributed by atoms with van der Waals surface area (Å²) in [5, 5.41) is 10.9. The van der Waals surface area contributed by atoms with Crippen LogP contribution in [0.3, 0.4) is 0 Å². The second-order valence-corrected chi connectivity index (χ2v) is 11.0. The third-order valence-corrected chi connectivity index (χ3v) is 7.17. The molecule has 0 aliphatic rings. The summed E-state index contributed by atoms with van der Waals surface area (Å²) < 4.78 is 10.2. The Balaban J connectivity index is 1.34. The molecule has 10 nitrogen and oxygen atoms in total. The van der Waals surface area contributed by atoms with E-state index in [0.29, 0.717) is 0 Å². The fraction of sp³-hybridized carbons (Fsp3) is 0.529. The molecule has 4 N–H and O–H groups in total. The smallest absolute Gasteiger partial charge is 0.414 e. The molecule has 242 valence electrons. The van der Waals surface area contributed by atoms with E-state index < -0.39 is 36.1 Å². The van der Waals surface area contributed by atoms with Gasteiger partial charge in [0.25, 0.3) is 0 Å². The average Bonchev–Trinajstić information content (AvgIpc) is 3.03. The lowest BCUT2D eigenvalue weighted by Gasteiger charge is -2.13. The number of rotatable bonds is 21. The first-order chi connectivity index (χ1) is 21.3. The summed E-state index contributed by atoms with van der Waals surface area (Å²) in [5.41, 5.74) is 1.73. The van der Waals surface area contributed by atoms with E-state index in [1.165, 1.54) is 25.7 Å². The molecule has 4 amide bonds. The average molecular weight is 611 g/mol. The molecule has 0 saturated heterocycles. The Kier molecular flexibility index (Phi) is 18.8. The van der Waals surface area contributed by atoms with Gasteiger partial charge in [0.2, 0.25) is 11.8 Å². The number of unbranched alkanes of at least 4 members (excludes halogenated alkanes) is 9. The van der Waals surface area contributed by atoms with Crippen LogP contribution in [0.2, 0.25) is 0 Å². The molecule has 0 saturated carbocycles. The number of carbonyl (C=O) groups excluding carboxylic acids is 4. The first kappa shape index (κ1) is 36.4. The van der Waals surface area contributed by atoms with Crippen molar-refractivity contribution in [2.45, 2.75) is 103 Å². The number of nitrogens with one attached hydrogen (secondary N) is 4. The van der Waals surface area contributed by atoms with Gasteiger partial charge in [0, 0.05) is 0 Å². The highest BCUT2D eigenvalue weighted by molar-refractivity contribution is 5.95. The number of hydrogen-bond acceptors (Lipinski definition) is 8. The van der Waals surface area contributed by atoms with Gasteiger partial charge in [0.1, 0.15) is 13.2 Å². The van der Waals surface area contributed by atoms with Crippen LogP contribution in [0.15, 0.2) is 60.7 Å². The van der Waals surface area contributed by atoms with Crippen molar-refractivity contribution in [1.29, 1.82) is 0 Å². The lowest BCUT2D eigenvalue weighted by molar-refractivity contribution is -0.123. The van der Waals surface area contributed by atoms with Crippen LogP contribution in [0.25, 0.3) is 0 Å². The SMILES string of the molecule is C[C@H](NCCCCCCCCCCCCN[C@@H](C)C(=O)NC(=O)OCc1ccccc1)C(=O)NC(=O)OCc1ccccc1. The summed E-state index contributed by atoms with van der Waals surface area (Å²) in [6, 6.07) is 17.7. The minimum Gasteiger partial charge on any atom is -0.444 e. The van der Waals surface area contributed by atoms with Crippen molar-refractivity contribution in [1.82, 2.24) is 21.3 Å². The molecule has 0 unspecified atom stereocenters. The van der Waals surface area contributed by atoms with Crippen molar-refractivity contribution in [3.63, 3.8) is 0 Å². The highest BCUT2D eigenvalue weighted by atomic mass is 16.6. The van der Waals surface area contributed by atoms with Crippen molar-refractivity contribution in [2.75, 3.05) is 13.1 Å². The van der Waals surface area contributed by atoms with Gasteiger partial charge in [-0.3, -0.25) is 20.2 Å². The number of imide groups is 2. The van der Waals surface area contributed by atoms with Gasteiger partial charge in [-0.25, -0.2) is 9.59 Å². The zero-order chi connectivity index (χ0) is 31.8. The van der Waals surface area contributed by atoms with Crippen LogP contribution in [0.4, 0.5) is 9.59 Å². The van der Waals surface area contributed by atoms with E-state index >= 15 is 0 Å². The van der Waals surface area contributed by atoms with Crippen molar-refractivity contribution in [3.8, 4) is 0 Å². The fourth-order valence-corrected chi connectivity index (χ4v) is 4.42. The van der Waals surface area contributed by atoms with Crippen LogP contribution >= 0.6 is 0 Å². The van der Waals surface area contributed by atoms with Gasteiger partial charge in [-0.2, -0.15) is 0 Å². The lowest BCUT2D eigenvalue weighted by Crippen LogP contribution is -2.45. The van der Waals surface area contributed by atoms with Gasteiger partial charge < -0.3 is 20.1 Å². The van der Waals surface area contributed by atoms with E-state index in [1.807, 2.05) is 60.7 Å². The summed E-state index contributed by atoms with van der Waals surface area (Å²) in [4.78, 5) is 48.0. The van der Waals surface area contributed by atoms with Crippen LogP contribution in [0.1, 0.15) is 89.2 Å². The van der Waals surface area contributed by atoms with Crippen molar-refractivity contribution < 1.29 is 28.7 Å². The quantitative estimate of drug-likeness (QED) is 0.131. The Hall–Kier alpha value is -3.76. The molecule has 0 fully saturated rings. The Morgan fingerprint density at radius 2 is 0.841 bits per heavy atom. The van der Waals surface area contributed by atoms with Gasteiger partial charge in [-0.1, -0.05) is 112 Å². The second kappa shape index (κ2) is 22.7. The number of hydrogen-bond donors (Lipinski definition) is 4. The maximum Gasteiger partial charge on any atom is 0.414 e. The molecule has 0 aromatic heterocycles. The topological polar surface area (TPSA) is 135 Å². The summed E-state index contributed by atoms with van der Waals surface area (Å²) in [7, 11) is 0. The largest absolute Gasteiger partial charge is 0.444 e. The van der Waals surface area contributed by atoms with Crippen LogP contribution in [0, 0.1) is 0 Å². The van der Waals surface area contributed by atoms with Gasteiger partial charge in [0.05, 0.1) is 12.1 Å². The summed E-state index contributed by atoms with van der Waals surface area (Å²) >= 11 is 0. The summed E-state index contributed by atoms with van der Waals surface area (Å²) in [6.45, 7) is 5.16. The van der Waals surface area contributed by atoms with Crippen molar-refractivity contribution in [2.24, 2.45) is 0 Å². The first-order valence-electron chi connectivity index (χ1n) is 15.8. The predicted octanol–water partition coefficient (Wildman–Crippen LogP) is 5.75. The Morgan fingerprint density at radius 3 is 1.18 bits per heavy atom. The molecule has 0 aliphatic carbocycles. The number of ether oxygens (including phenoxy) is 2. The molecule has 2 atom stereocenters. The first-order valence-corrected chi connectivity index (χ1v) is 15.8.